The molecule has 0 spiro atoms. The van der Waals surface area contributed by atoms with Gasteiger partial charge in [-0.25, -0.2) is 0 Å². The number of hydrogen-bond acceptors (Lipinski definition) is 7. The smallest absolute Gasteiger partial charge is 0.308 e. The average Bonchev–Trinajstić information content (AvgIpc) is 2.20. The van der Waals surface area contributed by atoms with Crippen molar-refractivity contribution < 1.29 is 33.3 Å². The number of carbonyl (C=O) groups excluding carboxylic acids is 3. The molecule has 106 valence electrons. The lowest BCUT2D eigenvalue weighted by atomic mass is 10.3. The summed E-state index contributed by atoms with van der Waals surface area (Å²) in [4.78, 5) is 32.7. The van der Waals surface area contributed by atoms with E-state index < -0.39 is 17.9 Å². The Labute approximate surface area is 115 Å². The molecule has 1 rings (SSSR count). The van der Waals surface area contributed by atoms with E-state index in [0.29, 0.717) is 0 Å². The lowest BCUT2D eigenvalue weighted by Crippen LogP contribution is -2.18. The molecule has 7 nitrogen and oxygen atoms in total. The van der Waals surface area contributed by atoms with Crippen LogP contribution in [0.5, 0.6) is 0 Å². The van der Waals surface area contributed by atoms with E-state index in [0.717, 1.165) is 6.26 Å². The fraction of sp³-hybridized carbons (Fsp3) is 0.364. The van der Waals surface area contributed by atoms with Crippen LogP contribution in [-0.4, -0.2) is 24.5 Å². The summed E-state index contributed by atoms with van der Waals surface area (Å²) in [5.74, 6) is -2.17. The summed E-state index contributed by atoms with van der Waals surface area (Å²) in [6, 6.07) is 0. The second-order valence-electron chi connectivity index (χ2n) is 3.33. The summed E-state index contributed by atoms with van der Waals surface area (Å²) in [7, 11) is 0. The van der Waals surface area contributed by atoms with Crippen LogP contribution in [0.4, 0.5) is 0 Å². The van der Waals surface area contributed by atoms with Crippen molar-refractivity contribution in [1.82, 2.24) is 0 Å². The first-order chi connectivity index (χ1) is 8.40. The van der Waals surface area contributed by atoms with Crippen LogP contribution in [0.25, 0.3) is 0 Å². The third kappa shape index (κ3) is 5.43. The minimum Gasteiger partial charge on any atom is -0.489 e. The Kier molecular flexibility index (Phi) is 6.63. The Morgan fingerprint density at radius 2 is 1.53 bits per heavy atom. The van der Waals surface area contributed by atoms with Gasteiger partial charge in [0.05, 0.1) is 0 Å². The Morgan fingerprint density at radius 3 is 2.00 bits per heavy atom. The lowest BCUT2D eigenvalue weighted by molar-refractivity contribution is -0.144. The number of halogens is 1. The first-order valence-corrected chi connectivity index (χ1v) is 5.00. The molecule has 19 heavy (non-hydrogen) atoms. The van der Waals surface area contributed by atoms with Crippen LogP contribution in [-0.2, 0) is 33.3 Å². The Hall–Kier alpha value is -2.02. The number of ether oxygens (including phenoxy) is 4. The molecule has 0 unspecified atom stereocenters. The van der Waals surface area contributed by atoms with Crippen molar-refractivity contribution in [3.8, 4) is 0 Å². The van der Waals surface area contributed by atoms with Crippen LogP contribution < -0.4 is 0 Å². The van der Waals surface area contributed by atoms with Crippen molar-refractivity contribution in [3.63, 3.8) is 0 Å². The normalized spacial score (nSPS) is 13.5. The van der Waals surface area contributed by atoms with E-state index >= 15 is 0 Å². The van der Waals surface area contributed by atoms with E-state index in [1.165, 1.54) is 20.8 Å². The molecule has 0 saturated carbocycles. The maximum atomic E-state index is 11.0. The van der Waals surface area contributed by atoms with Crippen molar-refractivity contribution in [2.45, 2.75) is 20.8 Å². The maximum Gasteiger partial charge on any atom is 0.308 e. The molecule has 0 aromatic heterocycles. The highest BCUT2D eigenvalue weighted by molar-refractivity contribution is 5.85. The first-order valence-electron chi connectivity index (χ1n) is 5.00. The Balaban J connectivity index is 0.00000324. The van der Waals surface area contributed by atoms with Gasteiger partial charge in [0.2, 0.25) is 11.5 Å². The first kappa shape index (κ1) is 17.0. The quantitative estimate of drug-likeness (QED) is 0.570. The molecule has 0 bridgehead atoms. The summed E-state index contributed by atoms with van der Waals surface area (Å²) >= 11 is 0. The largest absolute Gasteiger partial charge is 0.489 e. The zero-order chi connectivity index (χ0) is 13.7. The minimum atomic E-state index is -0.644. The Bertz CT molecular complexity index is 450. The summed E-state index contributed by atoms with van der Waals surface area (Å²) in [5.41, 5.74) is 0. The van der Waals surface area contributed by atoms with Crippen LogP contribution in [0.1, 0.15) is 20.8 Å². The van der Waals surface area contributed by atoms with Gasteiger partial charge in [-0.2, -0.15) is 0 Å². The van der Waals surface area contributed by atoms with Crippen LogP contribution >= 0.6 is 12.4 Å². The third-order valence-electron chi connectivity index (χ3n) is 1.65. The van der Waals surface area contributed by atoms with E-state index in [9.17, 15) is 14.4 Å². The van der Waals surface area contributed by atoms with Crippen LogP contribution in [0.3, 0.4) is 0 Å². The van der Waals surface area contributed by atoms with Crippen LogP contribution in [0, 0.1) is 0 Å². The van der Waals surface area contributed by atoms with Crippen LogP contribution in [0.2, 0.25) is 0 Å². The molecule has 0 aromatic rings. The number of rotatable bonds is 3. The van der Waals surface area contributed by atoms with E-state index in [-0.39, 0.29) is 36.3 Å². The van der Waals surface area contributed by atoms with Crippen molar-refractivity contribution >= 4 is 30.3 Å². The van der Waals surface area contributed by atoms with E-state index in [2.05, 4.69) is 0 Å². The molecule has 0 radical (unpaired) electrons. The second-order valence-corrected chi connectivity index (χ2v) is 3.33. The zero-order valence-corrected chi connectivity index (χ0v) is 11.4. The molecular formula is C11H13ClO7. The molecule has 8 heteroatoms. The highest BCUT2D eigenvalue weighted by Gasteiger charge is 2.26. The minimum absolute atomic E-state index is 0. The number of hydrogen-bond donors (Lipinski definition) is 0. The predicted molar refractivity (Wildman–Crippen MR) is 63.6 cm³/mol. The topological polar surface area (TPSA) is 88.1 Å². The van der Waals surface area contributed by atoms with Crippen molar-refractivity contribution in [2.24, 2.45) is 0 Å². The third-order valence-corrected chi connectivity index (χ3v) is 1.65. The summed E-state index contributed by atoms with van der Waals surface area (Å²) < 4.78 is 19.4. The highest BCUT2D eigenvalue weighted by Crippen LogP contribution is 2.24. The highest BCUT2D eigenvalue weighted by atomic mass is 35.5. The number of carbonyl (C=O) groups is 3. The van der Waals surface area contributed by atoms with Gasteiger partial charge in [-0.1, -0.05) is 0 Å². The van der Waals surface area contributed by atoms with Gasteiger partial charge in [-0.05, 0) is 0 Å². The molecule has 0 aromatic carbocycles. The van der Waals surface area contributed by atoms with Gasteiger partial charge in [0.1, 0.15) is 12.9 Å². The van der Waals surface area contributed by atoms with Gasteiger partial charge in [0, 0.05) is 20.8 Å². The van der Waals surface area contributed by atoms with E-state index in [4.69, 9.17) is 18.9 Å². The molecule has 1 heterocycles. The fourth-order valence-corrected chi connectivity index (χ4v) is 1.18. The maximum absolute atomic E-state index is 11.0. The molecule has 0 fully saturated rings. The second kappa shape index (κ2) is 7.42. The fourth-order valence-electron chi connectivity index (χ4n) is 1.18. The molecule has 1 aliphatic heterocycles. The molecule has 0 aliphatic carbocycles. The van der Waals surface area contributed by atoms with Gasteiger partial charge >= 0.3 is 17.9 Å². The predicted octanol–water partition coefficient (Wildman–Crippen LogP) is 1.18. The molecule has 0 saturated heterocycles. The molecule has 0 amide bonds. The van der Waals surface area contributed by atoms with Crippen molar-refractivity contribution in [2.75, 3.05) is 6.61 Å². The van der Waals surface area contributed by atoms with E-state index in [1.54, 1.807) is 0 Å². The van der Waals surface area contributed by atoms with E-state index in [1.807, 2.05) is 0 Å². The van der Waals surface area contributed by atoms with Crippen LogP contribution in [0.15, 0.2) is 23.5 Å². The average molecular weight is 293 g/mol. The van der Waals surface area contributed by atoms with Gasteiger partial charge < -0.3 is 18.9 Å². The molecular weight excluding hydrogens is 280 g/mol. The standard InChI is InChI=1S/C11H12O7.ClH/c1-6(12)16-9-4-15-5-10(17-7(2)13)11(9)18-8(3)14;/h4H,5H2,1-3H3;1H. The molecule has 0 N–H and O–H groups in total. The number of esters is 3. The Morgan fingerprint density at radius 1 is 1.00 bits per heavy atom. The van der Waals surface area contributed by atoms with Crippen molar-refractivity contribution in [3.05, 3.63) is 23.5 Å². The SMILES string of the molecule is CC(=O)OC1=COCC(OC(C)=O)=C1OC(C)=O.Cl. The lowest BCUT2D eigenvalue weighted by Gasteiger charge is -2.19. The summed E-state index contributed by atoms with van der Waals surface area (Å²) in [5, 5.41) is 0. The molecule has 0 atom stereocenters. The molecule has 1 aliphatic rings. The van der Waals surface area contributed by atoms with Crippen molar-refractivity contribution in [1.29, 1.82) is 0 Å². The van der Waals surface area contributed by atoms with Gasteiger partial charge in [0.15, 0.2) is 5.76 Å². The zero-order valence-electron chi connectivity index (χ0n) is 10.6. The monoisotopic (exact) mass is 292 g/mol. The van der Waals surface area contributed by atoms with Gasteiger partial charge in [-0.3, -0.25) is 14.4 Å². The van der Waals surface area contributed by atoms with Gasteiger partial charge in [-0.15, -0.1) is 12.4 Å². The summed E-state index contributed by atoms with van der Waals surface area (Å²) in [6.45, 7) is 3.42. The van der Waals surface area contributed by atoms with Gasteiger partial charge in [0.25, 0.3) is 0 Å². The summed E-state index contributed by atoms with van der Waals surface area (Å²) in [6.07, 6.45) is 1.10.